The molecule has 156 valence electrons. The third-order valence-corrected chi connectivity index (χ3v) is 5.08. The van der Waals surface area contributed by atoms with Crippen LogP contribution in [0.5, 0.6) is 5.75 Å². The van der Waals surface area contributed by atoms with Gasteiger partial charge >= 0.3 is 12.1 Å². The molecule has 1 aliphatic rings. The molecule has 0 fully saturated rings. The Labute approximate surface area is 170 Å². The van der Waals surface area contributed by atoms with E-state index >= 15 is 0 Å². The predicted molar refractivity (Wildman–Crippen MR) is 103 cm³/mol. The Balaban J connectivity index is 1.45. The van der Waals surface area contributed by atoms with Crippen molar-refractivity contribution in [3.05, 3.63) is 52.2 Å². The predicted octanol–water partition coefficient (Wildman–Crippen LogP) is 5.14. The van der Waals surface area contributed by atoms with Gasteiger partial charge < -0.3 is 15.2 Å². The lowest BCUT2D eigenvalue weighted by molar-refractivity contribution is -0.138. The summed E-state index contributed by atoms with van der Waals surface area (Å²) in [6, 6.07) is 7.85. The molecule has 2 N–H and O–H groups in total. The number of aliphatic carboxylic acids is 1. The highest BCUT2D eigenvalue weighted by molar-refractivity contribution is 6.30. The van der Waals surface area contributed by atoms with Crippen LogP contribution in [0.15, 0.2) is 30.3 Å². The van der Waals surface area contributed by atoms with Crippen molar-refractivity contribution in [1.82, 2.24) is 4.98 Å². The van der Waals surface area contributed by atoms with Gasteiger partial charge in [-0.2, -0.15) is 13.2 Å². The molecule has 9 heteroatoms. The zero-order valence-corrected chi connectivity index (χ0v) is 16.2. The Hall–Kier alpha value is -2.48. The van der Waals surface area contributed by atoms with Crippen LogP contribution in [0.1, 0.15) is 41.9 Å². The Bertz CT molecular complexity index is 890. The molecule has 0 saturated heterocycles. The van der Waals surface area contributed by atoms with Crippen molar-refractivity contribution in [1.29, 1.82) is 0 Å². The molecule has 5 nitrogen and oxygen atoms in total. The molecule has 0 amide bonds. The van der Waals surface area contributed by atoms with Crippen molar-refractivity contribution in [2.24, 2.45) is 0 Å². The summed E-state index contributed by atoms with van der Waals surface area (Å²) in [6.45, 7) is 0.874. The zero-order valence-electron chi connectivity index (χ0n) is 15.4. The first-order valence-electron chi connectivity index (χ1n) is 9.19. The monoisotopic (exact) mass is 428 g/mol. The maximum atomic E-state index is 12.7. The quantitative estimate of drug-likeness (QED) is 0.450. The summed E-state index contributed by atoms with van der Waals surface area (Å²) in [6.07, 6.45) is -2.11. The standard InChI is InChI=1S/C20H20ClF3N2O3/c21-19-16(20(22,23)24)6-7-17(26-19)25-8-1-9-29-14-4-5-15-12(10-14)2-3-13(15)11-18(27)28/h4-7,10,13H,1-3,8-9,11H2,(H,25,26)(H,27,28)/t13-/m0/s1. The van der Waals surface area contributed by atoms with Gasteiger partial charge in [-0.05, 0) is 60.6 Å². The topological polar surface area (TPSA) is 71.5 Å². The number of nitrogens with one attached hydrogen (secondary N) is 1. The van der Waals surface area contributed by atoms with Gasteiger partial charge in [0.2, 0.25) is 0 Å². The molecular weight excluding hydrogens is 409 g/mol. The van der Waals surface area contributed by atoms with Crippen LogP contribution in [0.25, 0.3) is 0 Å². The summed E-state index contributed by atoms with van der Waals surface area (Å²) in [5.74, 6) is 0.253. The number of hydrogen-bond acceptors (Lipinski definition) is 4. The van der Waals surface area contributed by atoms with Crippen molar-refractivity contribution in [2.75, 3.05) is 18.5 Å². The Morgan fingerprint density at radius 2 is 2.10 bits per heavy atom. The second-order valence-electron chi connectivity index (χ2n) is 6.86. The number of alkyl halides is 3. The minimum atomic E-state index is -4.53. The van der Waals surface area contributed by atoms with Gasteiger partial charge in [0.05, 0.1) is 18.6 Å². The first kappa shape index (κ1) is 21.2. The molecule has 1 heterocycles. The summed E-state index contributed by atoms with van der Waals surface area (Å²) in [4.78, 5) is 14.6. The number of anilines is 1. The van der Waals surface area contributed by atoms with Crippen molar-refractivity contribution >= 4 is 23.4 Å². The van der Waals surface area contributed by atoms with E-state index in [0.717, 1.165) is 35.8 Å². The van der Waals surface area contributed by atoms with E-state index in [1.165, 1.54) is 6.07 Å². The molecule has 29 heavy (non-hydrogen) atoms. The number of nitrogens with zero attached hydrogens (tertiary/aromatic N) is 1. The van der Waals surface area contributed by atoms with E-state index in [2.05, 4.69) is 10.3 Å². The number of carboxylic acid groups (broad SMARTS) is 1. The second-order valence-corrected chi connectivity index (χ2v) is 7.21. The molecule has 1 atom stereocenters. The van der Waals surface area contributed by atoms with Crippen LogP contribution in [0.4, 0.5) is 19.0 Å². The van der Waals surface area contributed by atoms with E-state index in [4.69, 9.17) is 21.4 Å². The Kier molecular flexibility index (Phi) is 6.52. The number of benzene rings is 1. The van der Waals surface area contributed by atoms with Crippen molar-refractivity contribution < 1.29 is 27.8 Å². The van der Waals surface area contributed by atoms with Gasteiger partial charge in [0.15, 0.2) is 0 Å². The highest BCUT2D eigenvalue weighted by Gasteiger charge is 2.33. The molecule has 3 rings (SSSR count). The maximum Gasteiger partial charge on any atom is 0.419 e. The smallest absolute Gasteiger partial charge is 0.419 e. The third-order valence-electron chi connectivity index (χ3n) is 4.79. The molecule has 1 aliphatic carbocycles. The lowest BCUT2D eigenvalue weighted by atomic mass is 9.98. The maximum absolute atomic E-state index is 12.7. The van der Waals surface area contributed by atoms with Gasteiger partial charge in [-0.1, -0.05) is 17.7 Å². The molecule has 0 spiro atoms. The van der Waals surface area contributed by atoms with Crippen molar-refractivity contribution in [3.63, 3.8) is 0 Å². The fourth-order valence-electron chi connectivity index (χ4n) is 3.42. The van der Waals surface area contributed by atoms with Gasteiger partial charge in [-0.15, -0.1) is 0 Å². The van der Waals surface area contributed by atoms with E-state index in [1.807, 2.05) is 18.2 Å². The number of carbonyl (C=O) groups is 1. The summed E-state index contributed by atoms with van der Waals surface area (Å²) < 4.78 is 43.7. The van der Waals surface area contributed by atoms with Crippen LogP contribution in [-0.4, -0.2) is 29.2 Å². The van der Waals surface area contributed by atoms with Crippen molar-refractivity contribution in [2.45, 2.75) is 37.8 Å². The molecule has 0 bridgehead atoms. The van der Waals surface area contributed by atoms with Crippen LogP contribution in [0, 0.1) is 0 Å². The van der Waals surface area contributed by atoms with Gasteiger partial charge in [-0.25, -0.2) is 4.98 Å². The number of pyridine rings is 1. The number of fused-ring (bicyclic) bond motifs is 1. The molecule has 0 unspecified atom stereocenters. The average molecular weight is 429 g/mol. The molecule has 0 aliphatic heterocycles. The largest absolute Gasteiger partial charge is 0.494 e. The number of ether oxygens (including phenoxy) is 1. The van der Waals surface area contributed by atoms with Crippen LogP contribution in [0.3, 0.4) is 0 Å². The van der Waals surface area contributed by atoms with E-state index in [0.29, 0.717) is 19.6 Å². The van der Waals surface area contributed by atoms with Crippen LogP contribution < -0.4 is 10.1 Å². The van der Waals surface area contributed by atoms with Gasteiger partial charge in [0.1, 0.15) is 16.7 Å². The number of carboxylic acids is 1. The number of rotatable bonds is 8. The Morgan fingerprint density at radius 3 is 2.79 bits per heavy atom. The van der Waals surface area contributed by atoms with E-state index < -0.39 is 22.9 Å². The lowest BCUT2D eigenvalue weighted by Gasteiger charge is -2.12. The van der Waals surface area contributed by atoms with Gasteiger partial charge in [0, 0.05) is 6.54 Å². The molecule has 0 radical (unpaired) electrons. The van der Waals surface area contributed by atoms with Crippen LogP contribution in [-0.2, 0) is 17.4 Å². The summed E-state index contributed by atoms with van der Waals surface area (Å²) >= 11 is 5.59. The highest BCUT2D eigenvalue weighted by Crippen LogP contribution is 2.37. The van der Waals surface area contributed by atoms with Crippen LogP contribution in [0.2, 0.25) is 5.15 Å². The minimum Gasteiger partial charge on any atom is -0.494 e. The fraction of sp³-hybridized carbons (Fsp3) is 0.400. The molecule has 0 saturated carbocycles. The van der Waals surface area contributed by atoms with E-state index in [-0.39, 0.29) is 18.2 Å². The minimum absolute atomic E-state index is 0.0591. The second kappa shape index (κ2) is 8.90. The molecular formula is C20H20ClF3N2O3. The third kappa shape index (κ3) is 5.53. The normalized spacial score (nSPS) is 15.8. The van der Waals surface area contributed by atoms with Gasteiger partial charge in [0.25, 0.3) is 0 Å². The Morgan fingerprint density at radius 1 is 1.31 bits per heavy atom. The summed E-state index contributed by atoms with van der Waals surface area (Å²) in [5, 5.41) is 11.3. The average Bonchev–Trinajstić information content (AvgIpc) is 3.02. The fourth-order valence-corrected chi connectivity index (χ4v) is 3.68. The molecule has 2 aromatic rings. The number of halogens is 4. The van der Waals surface area contributed by atoms with E-state index in [9.17, 15) is 18.0 Å². The summed E-state index contributed by atoms with van der Waals surface area (Å²) in [7, 11) is 0. The number of aryl methyl sites for hydroxylation is 1. The number of hydrogen-bond donors (Lipinski definition) is 2. The first-order chi connectivity index (χ1) is 13.7. The summed E-state index contributed by atoms with van der Waals surface area (Å²) in [5.41, 5.74) is 1.23. The van der Waals surface area contributed by atoms with Crippen LogP contribution >= 0.6 is 11.6 Å². The van der Waals surface area contributed by atoms with Gasteiger partial charge in [-0.3, -0.25) is 4.79 Å². The number of aromatic nitrogens is 1. The SMILES string of the molecule is O=C(O)C[C@@H]1CCc2cc(OCCCNc3ccc(C(F)(F)F)c(Cl)n3)ccc21. The van der Waals surface area contributed by atoms with E-state index in [1.54, 1.807) is 0 Å². The molecule has 1 aromatic heterocycles. The lowest BCUT2D eigenvalue weighted by Crippen LogP contribution is -2.11. The zero-order chi connectivity index (χ0) is 21.0. The first-order valence-corrected chi connectivity index (χ1v) is 9.57. The molecule has 1 aromatic carbocycles. The highest BCUT2D eigenvalue weighted by atomic mass is 35.5. The van der Waals surface area contributed by atoms with Crippen molar-refractivity contribution in [3.8, 4) is 5.75 Å².